The van der Waals surface area contributed by atoms with Gasteiger partial charge in [0, 0.05) is 18.5 Å². The number of anilines is 1. The van der Waals surface area contributed by atoms with Gasteiger partial charge in [-0.15, -0.1) is 11.3 Å². The fourth-order valence-electron chi connectivity index (χ4n) is 3.40. The maximum Gasteiger partial charge on any atom is 0.309 e. The number of nitrogens with one attached hydrogen (secondary N) is 2. The Bertz CT molecular complexity index is 928. The first-order valence-corrected chi connectivity index (χ1v) is 11.4. The number of para-hydroxylation sites is 1. The lowest BCUT2D eigenvalue weighted by atomic mass is 9.95. The SMILES string of the molecule is COCCNC(=O)c1c(NC(=O)COC(=O)CCOc2ccccc2)sc2c1CCCC2. The monoisotopic (exact) mass is 460 g/mol. The van der Waals surface area contributed by atoms with Gasteiger partial charge in [-0.1, -0.05) is 18.2 Å². The molecule has 2 N–H and O–H groups in total. The van der Waals surface area contributed by atoms with Gasteiger partial charge < -0.3 is 24.8 Å². The van der Waals surface area contributed by atoms with E-state index in [1.165, 1.54) is 11.3 Å². The standard InChI is InChI=1S/C23H28N2O6S/c1-29-14-12-24-22(28)21-17-9-5-6-10-18(17)32-23(21)25-19(26)15-31-20(27)11-13-30-16-7-3-2-4-8-16/h2-4,7-8H,5-6,9-15H2,1H3,(H,24,28)(H,25,26). The van der Waals surface area contributed by atoms with Crippen molar-refractivity contribution in [3.8, 4) is 5.75 Å². The molecule has 1 heterocycles. The second-order valence-corrected chi connectivity index (χ2v) is 8.39. The zero-order valence-electron chi connectivity index (χ0n) is 18.1. The molecule has 1 aliphatic carbocycles. The highest BCUT2D eigenvalue weighted by molar-refractivity contribution is 7.17. The average molecular weight is 461 g/mol. The van der Waals surface area contributed by atoms with Gasteiger partial charge in [-0.3, -0.25) is 14.4 Å². The minimum absolute atomic E-state index is 0.0304. The van der Waals surface area contributed by atoms with Crippen LogP contribution in [0.5, 0.6) is 5.75 Å². The van der Waals surface area contributed by atoms with Gasteiger partial charge in [-0.05, 0) is 43.4 Å². The molecule has 0 saturated carbocycles. The number of carbonyl (C=O) groups excluding carboxylic acids is 3. The number of hydrogen-bond donors (Lipinski definition) is 2. The number of benzene rings is 1. The maximum absolute atomic E-state index is 12.7. The molecule has 1 aliphatic rings. The van der Waals surface area contributed by atoms with Crippen molar-refractivity contribution < 1.29 is 28.6 Å². The third-order valence-electron chi connectivity index (χ3n) is 4.93. The van der Waals surface area contributed by atoms with Crippen LogP contribution in [-0.4, -0.2) is 51.3 Å². The lowest BCUT2D eigenvalue weighted by Gasteiger charge is -2.13. The van der Waals surface area contributed by atoms with Gasteiger partial charge in [0.05, 0.1) is 25.2 Å². The Morgan fingerprint density at radius 2 is 1.84 bits per heavy atom. The summed E-state index contributed by atoms with van der Waals surface area (Å²) in [6.45, 7) is 0.533. The van der Waals surface area contributed by atoms with Crippen molar-refractivity contribution in [3.05, 3.63) is 46.3 Å². The van der Waals surface area contributed by atoms with Crippen molar-refractivity contribution in [1.29, 1.82) is 0 Å². The highest BCUT2D eigenvalue weighted by Crippen LogP contribution is 2.38. The fourth-order valence-corrected chi connectivity index (χ4v) is 4.70. The van der Waals surface area contributed by atoms with E-state index in [0.29, 0.717) is 29.5 Å². The number of hydrogen-bond acceptors (Lipinski definition) is 7. The number of aryl methyl sites for hydroxylation is 1. The molecule has 2 amide bonds. The largest absolute Gasteiger partial charge is 0.493 e. The first-order chi connectivity index (χ1) is 15.6. The van der Waals surface area contributed by atoms with Crippen LogP contribution in [0.2, 0.25) is 0 Å². The van der Waals surface area contributed by atoms with E-state index in [1.807, 2.05) is 18.2 Å². The summed E-state index contributed by atoms with van der Waals surface area (Å²) in [5.41, 5.74) is 1.51. The molecule has 3 rings (SSSR count). The molecule has 0 spiro atoms. The molecule has 8 nitrogen and oxygen atoms in total. The summed E-state index contributed by atoms with van der Waals surface area (Å²) in [6.07, 6.45) is 3.81. The number of esters is 1. The zero-order chi connectivity index (χ0) is 22.8. The second kappa shape index (κ2) is 12.2. The van der Waals surface area contributed by atoms with Gasteiger partial charge in [-0.25, -0.2) is 0 Å². The van der Waals surface area contributed by atoms with Crippen LogP contribution in [0.15, 0.2) is 30.3 Å². The lowest BCUT2D eigenvalue weighted by molar-refractivity contribution is -0.147. The number of rotatable bonds is 11. The Morgan fingerprint density at radius 1 is 1.06 bits per heavy atom. The van der Waals surface area contributed by atoms with E-state index < -0.39 is 18.5 Å². The number of carbonyl (C=O) groups is 3. The van der Waals surface area contributed by atoms with Crippen LogP contribution in [0, 0.1) is 0 Å². The second-order valence-electron chi connectivity index (χ2n) is 7.28. The van der Waals surface area contributed by atoms with Crippen molar-refractivity contribution in [2.45, 2.75) is 32.1 Å². The predicted molar refractivity (Wildman–Crippen MR) is 121 cm³/mol. The molecule has 9 heteroatoms. The number of thiophene rings is 1. The summed E-state index contributed by atoms with van der Waals surface area (Å²) in [7, 11) is 1.57. The third kappa shape index (κ3) is 6.80. The van der Waals surface area contributed by atoms with Crippen LogP contribution in [0.4, 0.5) is 5.00 Å². The normalized spacial score (nSPS) is 12.5. The van der Waals surface area contributed by atoms with E-state index in [9.17, 15) is 14.4 Å². The Labute approximate surface area is 191 Å². The van der Waals surface area contributed by atoms with Crippen molar-refractivity contribution >= 4 is 34.1 Å². The number of ether oxygens (including phenoxy) is 3. The van der Waals surface area contributed by atoms with Crippen LogP contribution in [0.3, 0.4) is 0 Å². The zero-order valence-corrected chi connectivity index (χ0v) is 18.9. The van der Waals surface area contributed by atoms with Crippen LogP contribution in [0.25, 0.3) is 0 Å². The van der Waals surface area contributed by atoms with Crippen LogP contribution in [-0.2, 0) is 31.9 Å². The molecule has 1 aromatic heterocycles. The lowest BCUT2D eigenvalue weighted by Crippen LogP contribution is -2.29. The van der Waals surface area contributed by atoms with Gasteiger partial charge in [-0.2, -0.15) is 0 Å². The van der Waals surface area contributed by atoms with E-state index in [-0.39, 0.29) is 18.9 Å². The smallest absolute Gasteiger partial charge is 0.309 e. The molecule has 2 aromatic rings. The molecule has 0 atom stereocenters. The number of amides is 2. The number of methoxy groups -OCH3 is 1. The minimum Gasteiger partial charge on any atom is -0.493 e. The highest BCUT2D eigenvalue weighted by atomic mass is 32.1. The Balaban J connectivity index is 1.52. The van der Waals surface area contributed by atoms with Gasteiger partial charge in [0.15, 0.2) is 6.61 Å². The van der Waals surface area contributed by atoms with Crippen molar-refractivity contribution in [1.82, 2.24) is 5.32 Å². The molecule has 0 saturated heterocycles. The molecule has 0 bridgehead atoms. The van der Waals surface area contributed by atoms with Gasteiger partial charge in [0.25, 0.3) is 11.8 Å². The number of fused-ring (bicyclic) bond motifs is 1. The molecule has 32 heavy (non-hydrogen) atoms. The van der Waals surface area contributed by atoms with Crippen molar-refractivity contribution in [2.75, 3.05) is 38.8 Å². The topological polar surface area (TPSA) is 103 Å². The molecule has 0 fully saturated rings. The quantitative estimate of drug-likeness (QED) is 0.395. The average Bonchev–Trinajstić information content (AvgIpc) is 3.16. The molecular weight excluding hydrogens is 432 g/mol. The van der Waals surface area contributed by atoms with E-state index in [4.69, 9.17) is 14.2 Å². The van der Waals surface area contributed by atoms with Crippen molar-refractivity contribution in [3.63, 3.8) is 0 Å². The van der Waals surface area contributed by atoms with E-state index in [0.717, 1.165) is 36.1 Å². The molecule has 0 radical (unpaired) electrons. The highest BCUT2D eigenvalue weighted by Gasteiger charge is 2.26. The summed E-state index contributed by atoms with van der Waals surface area (Å²) < 4.78 is 15.5. The first kappa shape index (κ1) is 23.7. The summed E-state index contributed by atoms with van der Waals surface area (Å²) in [5.74, 6) is -0.575. The first-order valence-electron chi connectivity index (χ1n) is 10.6. The summed E-state index contributed by atoms with van der Waals surface area (Å²) >= 11 is 1.42. The Kier molecular flexibility index (Phi) is 9.06. The van der Waals surface area contributed by atoms with Crippen LogP contribution in [0.1, 0.15) is 40.1 Å². The summed E-state index contributed by atoms with van der Waals surface area (Å²) in [4.78, 5) is 38.2. The molecule has 0 aliphatic heterocycles. The maximum atomic E-state index is 12.7. The van der Waals surface area contributed by atoms with E-state index in [1.54, 1.807) is 19.2 Å². The fraction of sp³-hybridized carbons (Fsp3) is 0.435. The summed E-state index contributed by atoms with van der Waals surface area (Å²) in [6, 6.07) is 9.14. The van der Waals surface area contributed by atoms with Crippen LogP contribution >= 0.6 is 11.3 Å². The molecule has 1 aromatic carbocycles. The summed E-state index contributed by atoms with van der Waals surface area (Å²) in [5, 5.41) is 6.08. The van der Waals surface area contributed by atoms with Gasteiger partial charge in [0.1, 0.15) is 10.8 Å². The van der Waals surface area contributed by atoms with E-state index >= 15 is 0 Å². The minimum atomic E-state index is -0.529. The Morgan fingerprint density at radius 3 is 2.62 bits per heavy atom. The molecular formula is C23H28N2O6S. The van der Waals surface area contributed by atoms with Gasteiger partial charge >= 0.3 is 5.97 Å². The third-order valence-corrected chi connectivity index (χ3v) is 6.13. The molecule has 172 valence electrons. The van der Waals surface area contributed by atoms with Gasteiger partial charge in [0.2, 0.25) is 0 Å². The van der Waals surface area contributed by atoms with Crippen molar-refractivity contribution in [2.24, 2.45) is 0 Å². The van der Waals surface area contributed by atoms with E-state index in [2.05, 4.69) is 10.6 Å². The van der Waals surface area contributed by atoms with Crippen LogP contribution < -0.4 is 15.4 Å². The predicted octanol–water partition coefficient (Wildman–Crippen LogP) is 2.95. The molecule has 0 unspecified atom stereocenters. The Hall–Kier alpha value is -2.91.